The van der Waals surface area contributed by atoms with Crippen LogP contribution in [0.4, 0.5) is 0 Å². The Labute approximate surface area is 169 Å². The number of nitrogens with zero attached hydrogens (tertiary/aromatic N) is 1. The molecule has 0 amide bonds. The van der Waals surface area contributed by atoms with E-state index in [9.17, 15) is 0 Å². The third-order valence-corrected chi connectivity index (χ3v) is 8.01. The topological polar surface area (TPSA) is 29.3 Å². The Kier molecular flexibility index (Phi) is 6.86. The molecule has 0 radical (unpaired) electrons. The number of nitrogens with two attached hydrogens (primary N) is 1. The van der Waals surface area contributed by atoms with Crippen molar-refractivity contribution in [3.63, 3.8) is 0 Å². The summed E-state index contributed by atoms with van der Waals surface area (Å²) < 4.78 is 1.44. The Balaban J connectivity index is 1.41. The van der Waals surface area contributed by atoms with Crippen LogP contribution in [0.3, 0.4) is 0 Å². The molecule has 0 saturated heterocycles. The largest absolute Gasteiger partial charge is 0.330 e. The van der Waals surface area contributed by atoms with Crippen LogP contribution in [-0.4, -0.2) is 24.5 Å². The van der Waals surface area contributed by atoms with Crippen molar-refractivity contribution in [3.05, 3.63) is 35.2 Å². The van der Waals surface area contributed by atoms with Gasteiger partial charge in [-0.15, -0.1) is 11.3 Å². The van der Waals surface area contributed by atoms with Crippen molar-refractivity contribution in [3.8, 4) is 0 Å². The normalized spacial score (nSPS) is 24.7. The number of fused-ring (bicyclic) bond motifs is 1. The maximum Gasteiger partial charge on any atom is 0.0346 e. The summed E-state index contributed by atoms with van der Waals surface area (Å²) >= 11 is 2.00. The summed E-state index contributed by atoms with van der Waals surface area (Å²) in [5.74, 6) is 2.59. The van der Waals surface area contributed by atoms with Gasteiger partial charge in [-0.3, -0.25) is 4.90 Å². The highest BCUT2D eigenvalue weighted by atomic mass is 32.1. The maximum atomic E-state index is 5.90. The molecule has 0 spiro atoms. The summed E-state index contributed by atoms with van der Waals surface area (Å²) in [5, 5.41) is 1.42. The van der Waals surface area contributed by atoms with Gasteiger partial charge in [-0.1, -0.05) is 37.5 Å². The van der Waals surface area contributed by atoms with E-state index in [1.807, 2.05) is 11.3 Å². The lowest BCUT2D eigenvalue weighted by molar-refractivity contribution is 0.144. The van der Waals surface area contributed by atoms with Gasteiger partial charge in [0.15, 0.2) is 0 Å². The third-order valence-electron chi connectivity index (χ3n) is 6.91. The summed E-state index contributed by atoms with van der Waals surface area (Å²) in [6, 6.07) is 11.3. The fourth-order valence-corrected chi connectivity index (χ4v) is 6.40. The van der Waals surface area contributed by atoms with Crippen molar-refractivity contribution in [2.75, 3.05) is 19.6 Å². The molecule has 2 fully saturated rings. The van der Waals surface area contributed by atoms with Crippen LogP contribution in [0.15, 0.2) is 30.3 Å². The van der Waals surface area contributed by atoms with Crippen LogP contribution >= 0.6 is 11.3 Å². The molecule has 1 aromatic heterocycles. The molecule has 2 saturated carbocycles. The SMILES string of the molecule is NCC1CCC(CN(Cc2cc3ccccc3s2)CC2CCCCC2)CC1. The number of thiophene rings is 1. The zero-order valence-corrected chi connectivity index (χ0v) is 17.6. The van der Waals surface area contributed by atoms with Gasteiger partial charge < -0.3 is 5.73 Å². The predicted octanol–water partition coefficient (Wildman–Crippen LogP) is 6.05. The Morgan fingerprint density at radius 2 is 1.52 bits per heavy atom. The van der Waals surface area contributed by atoms with E-state index >= 15 is 0 Å². The summed E-state index contributed by atoms with van der Waals surface area (Å²) in [6.07, 6.45) is 12.7. The molecule has 1 heterocycles. The van der Waals surface area contributed by atoms with Gasteiger partial charge in [0.25, 0.3) is 0 Å². The highest BCUT2D eigenvalue weighted by Gasteiger charge is 2.24. The summed E-state index contributed by atoms with van der Waals surface area (Å²) in [6.45, 7) is 4.64. The van der Waals surface area contributed by atoms with Crippen LogP contribution in [0.2, 0.25) is 0 Å². The zero-order chi connectivity index (χ0) is 18.5. The standard InChI is InChI=1S/C24H36N2S/c25-15-19-10-12-21(13-11-19)17-26(16-20-6-2-1-3-7-20)18-23-14-22-8-4-5-9-24(22)27-23/h4-5,8-9,14,19-21H,1-3,6-7,10-13,15-18,25H2. The minimum atomic E-state index is 0.788. The monoisotopic (exact) mass is 384 g/mol. The fraction of sp³-hybridized carbons (Fsp3) is 0.667. The lowest BCUT2D eigenvalue weighted by atomic mass is 9.81. The Hall–Kier alpha value is -0.900. The highest BCUT2D eigenvalue weighted by molar-refractivity contribution is 7.19. The molecule has 2 aromatic rings. The van der Waals surface area contributed by atoms with Gasteiger partial charge in [0.2, 0.25) is 0 Å². The summed E-state index contributed by atoms with van der Waals surface area (Å²) in [7, 11) is 0. The van der Waals surface area contributed by atoms with Crippen LogP contribution in [0.25, 0.3) is 10.1 Å². The van der Waals surface area contributed by atoms with Gasteiger partial charge in [-0.25, -0.2) is 0 Å². The highest BCUT2D eigenvalue weighted by Crippen LogP contribution is 2.32. The van der Waals surface area contributed by atoms with E-state index in [0.717, 1.165) is 30.8 Å². The molecule has 2 N–H and O–H groups in total. The minimum Gasteiger partial charge on any atom is -0.330 e. The molecule has 148 valence electrons. The van der Waals surface area contributed by atoms with E-state index in [2.05, 4.69) is 35.2 Å². The Morgan fingerprint density at radius 1 is 0.852 bits per heavy atom. The summed E-state index contributed by atoms with van der Waals surface area (Å²) in [5.41, 5.74) is 5.90. The molecule has 4 rings (SSSR count). The van der Waals surface area contributed by atoms with Gasteiger partial charge in [0.05, 0.1) is 0 Å². The van der Waals surface area contributed by atoms with E-state index in [4.69, 9.17) is 5.73 Å². The minimum absolute atomic E-state index is 0.788. The number of hydrogen-bond acceptors (Lipinski definition) is 3. The second kappa shape index (κ2) is 9.54. The van der Waals surface area contributed by atoms with Crippen LogP contribution in [0.5, 0.6) is 0 Å². The molecule has 0 atom stereocenters. The molecule has 2 aliphatic carbocycles. The number of rotatable bonds is 7. The molecule has 0 unspecified atom stereocenters. The van der Waals surface area contributed by atoms with E-state index < -0.39 is 0 Å². The molecule has 3 heteroatoms. The van der Waals surface area contributed by atoms with Crippen molar-refractivity contribution in [1.29, 1.82) is 0 Å². The predicted molar refractivity (Wildman–Crippen MR) is 118 cm³/mol. The van der Waals surface area contributed by atoms with Crippen LogP contribution in [0.1, 0.15) is 62.7 Å². The van der Waals surface area contributed by atoms with Crippen molar-refractivity contribution < 1.29 is 0 Å². The average Bonchev–Trinajstić information content (AvgIpc) is 3.11. The van der Waals surface area contributed by atoms with Crippen LogP contribution in [-0.2, 0) is 6.54 Å². The van der Waals surface area contributed by atoms with Gasteiger partial charge in [-0.2, -0.15) is 0 Å². The molecule has 0 bridgehead atoms. The van der Waals surface area contributed by atoms with Crippen molar-refractivity contribution in [2.24, 2.45) is 23.5 Å². The summed E-state index contributed by atoms with van der Waals surface area (Å²) in [4.78, 5) is 4.36. The van der Waals surface area contributed by atoms with E-state index in [1.54, 1.807) is 4.88 Å². The molecule has 2 nitrogen and oxygen atoms in total. The second-order valence-corrected chi connectivity index (χ2v) is 10.2. The first kappa shape index (κ1) is 19.4. The average molecular weight is 385 g/mol. The van der Waals surface area contributed by atoms with E-state index in [0.29, 0.717) is 0 Å². The smallest absolute Gasteiger partial charge is 0.0346 e. The molecule has 27 heavy (non-hydrogen) atoms. The van der Waals surface area contributed by atoms with Gasteiger partial charge in [0, 0.05) is 29.2 Å². The Bertz CT molecular complexity index is 662. The third kappa shape index (κ3) is 5.34. The molecular formula is C24H36N2S. The first-order chi connectivity index (χ1) is 13.3. The van der Waals surface area contributed by atoms with Crippen LogP contribution < -0.4 is 5.73 Å². The van der Waals surface area contributed by atoms with Gasteiger partial charge >= 0.3 is 0 Å². The number of benzene rings is 1. The first-order valence-electron chi connectivity index (χ1n) is 11.2. The molecule has 0 aliphatic heterocycles. The first-order valence-corrected chi connectivity index (χ1v) is 12.0. The lowest BCUT2D eigenvalue weighted by Gasteiger charge is -2.35. The maximum absolute atomic E-state index is 5.90. The molecule has 2 aliphatic rings. The fourth-order valence-electron chi connectivity index (χ4n) is 5.29. The van der Waals surface area contributed by atoms with E-state index in [1.165, 1.54) is 81.0 Å². The number of hydrogen-bond donors (Lipinski definition) is 1. The molecule has 1 aromatic carbocycles. The van der Waals surface area contributed by atoms with E-state index in [-0.39, 0.29) is 0 Å². The van der Waals surface area contributed by atoms with Crippen LogP contribution in [0, 0.1) is 17.8 Å². The Morgan fingerprint density at radius 3 is 2.22 bits per heavy atom. The zero-order valence-electron chi connectivity index (χ0n) is 16.7. The van der Waals surface area contributed by atoms with Crippen molar-refractivity contribution in [2.45, 2.75) is 64.3 Å². The van der Waals surface area contributed by atoms with Gasteiger partial charge in [-0.05, 0) is 80.3 Å². The molecular weight excluding hydrogens is 348 g/mol. The lowest BCUT2D eigenvalue weighted by Crippen LogP contribution is -2.35. The van der Waals surface area contributed by atoms with Crippen molar-refractivity contribution >= 4 is 21.4 Å². The quantitative estimate of drug-likeness (QED) is 0.630. The van der Waals surface area contributed by atoms with Crippen molar-refractivity contribution in [1.82, 2.24) is 4.90 Å². The second-order valence-electron chi connectivity index (χ2n) is 9.07. The van der Waals surface area contributed by atoms with Gasteiger partial charge in [0.1, 0.15) is 0 Å².